The van der Waals surface area contributed by atoms with Crippen LogP contribution in [0.3, 0.4) is 0 Å². The zero-order chi connectivity index (χ0) is 15.9. The Hall–Kier alpha value is -2.49. The number of amides is 2. The highest BCUT2D eigenvalue weighted by Gasteiger charge is 2.13. The topological polar surface area (TPSA) is 50.4 Å². The minimum Gasteiger partial charge on any atom is -0.495 e. The van der Waals surface area contributed by atoms with Crippen molar-refractivity contribution in [2.45, 2.75) is 26.3 Å². The van der Waals surface area contributed by atoms with Crippen LogP contribution in [0.5, 0.6) is 5.75 Å². The lowest BCUT2D eigenvalue weighted by atomic mass is 10.0. The van der Waals surface area contributed by atoms with E-state index in [-0.39, 0.29) is 12.1 Å². The quantitative estimate of drug-likeness (QED) is 0.865. The molecule has 2 N–H and O–H groups in total. The van der Waals surface area contributed by atoms with Crippen molar-refractivity contribution in [1.82, 2.24) is 5.32 Å². The third-order valence-corrected chi connectivity index (χ3v) is 3.55. The van der Waals surface area contributed by atoms with Gasteiger partial charge >= 0.3 is 6.03 Å². The van der Waals surface area contributed by atoms with E-state index in [1.165, 1.54) is 5.56 Å². The molecule has 4 heteroatoms. The number of aryl methyl sites for hydroxylation is 1. The largest absolute Gasteiger partial charge is 0.495 e. The smallest absolute Gasteiger partial charge is 0.319 e. The van der Waals surface area contributed by atoms with Gasteiger partial charge < -0.3 is 15.4 Å². The van der Waals surface area contributed by atoms with Gasteiger partial charge in [0.15, 0.2) is 0 Å². The van der Waals surface area contributed by atoms with Crippen molar-refractivity contribution in [3.05, 3.63) is 59.7 Å². The average Bonchev–Trinajstić information content (AvgIpc) is 2.54. The molecule has 1 atom stereocenters. The van der Waals surface area contributed by atoms with Crippen LogP contribution in [-0.4, -0.2) is 13.1 Å². The van der Waals surface area contributed by atoms with Crippen molar-refractivity contribution in [1.29, 1.82) is 0 Å². The van der Waals surface area contributed by atoms with Crippen molar-refractivity contribution in [3.63, 3.8) is 0 Å². The van der Waals surface area contributed by atoms with Gasteiger partial charge in [-0.15, -0.1) is 0 Å². The fourth-order valence-electron chi connectivity index (χ4n) is 2.28. The Labute approximate surface area is 131 Å². The molecule has 2 aromatic rings. The normalized spacial score (nSPS) is 11.6. The van der Waals surface area contributed by atoms with Crippen LogP contribution in [0.25, 0.3) is 0 Å². The van der Waals surface area contributed by atoms with Crippen LogP contribution >= 0.6 is 0 Å². The van der Waals surface area contributed by atoms with Gasteiger partial charge in [0.05, 0.1) is 18.8 Å². The molecule has 0 saturated heterocycles. The van der Waals surface area contributed by atoms with Gasteiger partial charge in [0.2, 0.25) is 0 Å². The first-order valence-corrected chi connectivity index (χ1v) is 7.41. The Morgan fingerprint density at radius 3 is 2.45 bits per heavy atom. The Kier molecular flexibility index (Phi) is 5.42. The minimum absolute atomic E-state index is 0.0182. The molecule has 4 nitrogen and oxygen atoms in total. The summed E-state index contributed by atoms with van der Waals surface area (Å²) < 4.78 is 5.23. The number of rotatable bonds is 5. The summed E-state index contributed by atoms with van der Waals surface area (Å²) in [5.41, 5.74) is 2.96. The highest BCUT2D eigenvalue weighted by Crippen LogP contribution is 2.23. The predicted octanol–water partition coefficient (Wildman–Crippen LogP) is 4.28. The number of carbonyl (C=O) groups excluding carboxylic acids is 1. The number of urea groups is 1. The number of hydrogen-bond donors (Lipinski definition) is 2. The van der Waals surface area contributed by atoms with E-state index in [0.717, 1.165) is 12.0 Å². The Bertz CT molecular complexity index is 623. The van der Waals surface area contributed by atoms with Gasteiger partial charge in [-0.2, -0.15) is 0 Å². The van der Waals surface area contributed by atoms with E-state index in [4.69, 9.17) is 4.74 Å². The molecule has 2 aromatic carbocycles. The zero-order valence-electron chi connectivity index (χ0n) is 13.2. The maximum absolute atomic E-state index is 12.2. The summed E-state index contributed by atoms with van der Waals surface area (Å²) in [6, 6.07) is 15.3. The molecular formula is C18H22N2O2. The molecule has 2 rings (SSSR count). The van der Waals surface area contributed by atoms with E-state index >= 15 is 0 Å². The van der Waals surface area contributed by atoms with Gasteiger partial charge in [0.1, 0.15) is 5.75 Å². The molecule has 0 fully saturated rings. The Balaban J connectivity index is 2.05. The number of ether oxygens (including phenoxy) is 1. The lowest BCUT2D eigenvalue weighted by Crippen LogP contribution is -2.32. The van der Waals surface area contributed by atoms with Crippen molar-refractivity contribution < 1.29 is 9.53 Å². The van der Waals surface area contributed by atoms with E-state index in [1.807, 2.05) is 50.2 Å². The summed E-state index contributed by atoms with van der Waals surface area (Å²) in [7, 11) is 1.58. The number of anilines is 1. The van der Waals surface area contributed by atoms with Gasteiger partial charge in [0.25, 0.3) is 0 Å². The lowest BCUT2D eigenvalue weighted by Gasteiger charge is -2.19. The van der Waals surface area contributed by atoms with Gasteiger partial charge in [0, 0.05) is 0 Å². The predicted molar refractivity (Wildman–Crippen MR) is 89.4 cm³/mol. The van der Waals surface area contributed by atoms with Gasteiger partial charge in [-0.1, -0.05) is 48.9 Å². The second-order valence-electron chi connectivity index (χ2n) is 5.17. The number of carbonyl (C=O) groups is 1. The molecule has 22 heavy (non-hydrogen) atoms. The van der Waals surface area contributed by atoms with E-state index in [2.05, 4.69) is 22.8 Å². The molecular weight excluding hydrogens is 276 g/mol. The molecule has 0 heterocycles. The Morgan fingerprint density at radius 1 is 1.14 bits per heavy atom. The molecule has 0 radical (unpaired) electrons. The number of para-hydroxylation sites is 2. The van der Waals surface area contributed by atoms with Gasteiger partial charge in [-0.3, -0.25) is 0 Å². The van der Waals surface area contributed by atoms with Crippen LogP contribution in [0.2, 0.25) is 0 Å². The standard InChI is InChI=1S/C18H22N2O2/c1-4-15(14-11-9-13(2)10-12-14)19-18(21)20-16-7-5-6-8-17(16)22-3/h5-12,15H,4H2,1-3H3,(H2,19,20,21)/t15-/m1/s1. The third kappa shape index (κ3) is 4.01. The number of nitrogens with one attached hydrogen (secondary N) is 2. The number of benzene rings is 2. The van der Waals surface area contributed by atoms with E-state index in [0.29, 0.717) is 11.4 Å². The molecule has 0 aliphatic rings. The maximum atomic E-state index is 12.2. The van der Waals surface area contributed by atoms with Crippen molar-refractivity contribution >= 4 is 11.7 Å². The van der Waals surface area contributed by atoms with E-state index < -0.39 is 0 Å². The van der Waals surface area contributed by atoms with E-state index in [9.17, 15) is 4.79 Å². The fraction of sp³-hybridized carbons (Fsp3) is 0.278. The highest BCUT2D eigenvalue weighted by atomic mass is 16.5. The first-order valence-electron chi connectivity index (χ1n) is 7.41. The molecule has 0 aliphatic carbocycles. The first-order chi connectivity index (χ1) is 10.6. The SMILES string of the molecule is CC[C@@H](NC(=O)Nc1ccccc1OC)c1ccc(C)cc1. The summed E-state index contributed by atoms with van der Waals surface area (Å²) in [5.74, 6) is 0.640. The summed E-state index contributed by atoms with van der Waals surface area (Å²) in [6.07, 6.45) is 0.822. The lowest BCUT2D eigenvalue weighted by molar-refractivity contribution is 0.248. The van der Waals surface area contributed by atoms with Crippen LogP contribution < -0.4 is 15.4 Å². The van der Waals surface area contributed by atoms with Crippen molar-refractivity contribution in [2.75, 3.05) is 12.4 Å². The molecule has 0 aromatic heterocycles. The number of methoxy groups -OCH3 is 1. The fourth-order valence-corrected chi connectivity index (χ4v) is 2.28. The summed E-state index contributed by atoms with van der Waals surface area (Å²) >= 11 is 0. The molecule has 116 valence electrons. The third-order valence-electron chi connectivity index (χ3n) is 3.55. The number of hydrogen-bond acceptors (Lipinski definition) is 2. The van der Waals surface area contributed by atoms with Crippen LogP contribution in [0.4, 0.5) is 10.5 Å². The first kappa shape index (κ1) is 15.9. The van der Waals surface area contributed by atoms with Gasteiger partial charge in [-0.25, -0.2) is 4.79 Å². The van der Waals surface area contributed by atoms with Crippen molar-refractivity contribution in [2.24, 2.45) is 0 Å². The highest BCUT2D eigenvalue weighted by molar-refractivity contribution is 5.91. The molecule has 2 amide bonds. The monoisotopic (exact) mass is 298 g/mol. The summed E-state index contributed by atoms with van der Waals surface area (Å²) in [4.78, 5) is 12.2. The second-order valence-corrected chi connectivity index (χ2v) is 5.17. The summed E-state index contributed by atoms with van der Waals surface area (Å²) in [6.45, 7) is 4.10. The molecule has 0 spiro atoms. The molecule has 0 bridgehead atoms. The Morgan fingerprint density at radius 2 is 1.82 bits per heavy atom. The molecule has 0 aliphatic heterocycles. The zero-order valence-corrected chi connectivity index (χ0v) is 13.2. The molecule has 0 saturated carbocycles. The minimum atomic E-state index is -0.239. The summed E-state index contributed by atoms with van der Waals surface area (Å²) in [5, 5.41) is 5.83. The van der Waals surface area contributed by atoms with E-state index in [1.54, 1.807) is 7.11 Å². The van der Waals surface area contributed by atoms with Crippen LogP contribution in [0, 0.1) is 6.92 Å². The second kappa shape index (κ2) is 7.50. The van der Waals surface area contributed by atoms with Crippen LogP contribution in [0.15, 0.2) is 48.5 Å². The maximum Gasteiger partial charge on any atom is 0.319 e. The van der Waals surface area contributed by atoms with Crippen molar-refractivity contribution in [3.8, 4) is 5.75 Å². The van der Waals surface area contributed by atoms with Crippen LogP contribution in [0.1, 0.15) is 30.5 Å². The van der Waals surface area contributed by atoms with Crippen LogP contribution in [-0.2, 0) is 0 Å². The van der Waals surface area contributed by atoms with Gasteiger partial charge in [-0.05, 0) is 31.0 Å². The molecule has 0 unspecified atom stereocenters. The average molecular weight is 298 g/mol.